The number of nitro benzene ring substituents is 1. The van der Waals surface area contributed by atoms with Crippen molar-refractivity contribution in [2.45, 2.75) is 6.54 Å². The number of halogens is 2. The molecule has 0 atom stereocenters. The zero-order chi connectivity index (χ0) is 17.0. The lowest BCUT2D eigenvalue weighted by Crippen LogP contribution is -2.23. The van der Waals surface area contributed by atoms with Gasteiger partial charge in [0.05, 0.1) is 12.0 Å². The monoisotopic (exact) mass is 354 g/mol. The van der Waals surface area contributed by atoms with Crippen LogP contribution in [0.3, 0.4) is 0 Å². The highest BCUT2D eigenvalue weighted by Crippen LogP contribution is 2.27. The maximum Gasteiger partial charge on any atom is 0.311 e. The summed E-state index contributed by atoms with van der Waals surface area (Å²) in [5.41, 5.74) is 0.569. The lowest BCUT2D eigenvalue weighted by atomic mass is 10.1. The minimum atomic E-state index is -0.605. The zero-order valence-electron chi connectivity index (χ0n) is 12.0. The van der Waals surface area contributed by atoms with Crippen LogP contribution in [0.5, 0.6) is 5.75 Å². The lowest BCUT2D eigenvalue weighted by molar-refractivity contribution is -0.385. The van der Waals surface area contributed by atoms with E-state index in [9.17, 15) is 14.9 Å². The van der Waals surface area contributed by atoms with E-state index in [1.807, 2.05) is 0 Å². The van der Waals surface area contributed by atoms with Crippen molar-refractivity contribution >= 4 is 34.8 Å². The summed E-state index contributed by atoms with van der Waals surface area (Å²) in [6.45, 7) is 0.175. The van der Waals surface area contributed by atoms with E-state index in [1.54, 1.807) is 18.2 Å². The molecule has 0 fully saturated rings. The minimum Gasteiger partial charge on any atom is -0.490 e. The van der Waals surface area contributed by atoms with E-state index >= 15 is 0 Å². The van der Waals surface area contributed by atoms with E-state index in [-0.39, 0.29) is 23.5 Å². The van der Waals surface area contributed by atoms with E-state index in [0.717, 1.165) is 6.07 Å². The summed E-state index contributed by atoms with van der Waals surface area (Å²) in [4.78, 5) is 22.5. The van der Waals surface area contributed by atoms with Gasteiger partial charge in [-0.25, -0.2) is 0 Å². The van der Waals surface area contributed by atoms with Gasteiger partial charge in [0.25, 0.3) is 5.91 Å². The summed E-state index contributed by atoms with van der Waals surface area (Å²) in [5.74, 6) is -0.367. The summed E-state index contributed by atoms with van der Waals surface area (Å²) >= 11 is 11.8. The lowest BCUT2D eigenvalue weighted by Gasteiger charge is -2.08. The fourth-order valence-corrected chi connectivity index (χ4v) is 2.39. The first-order chi connectivity index (χ1) is 10.9. The molecule has 0 unspecified atom stereocenters. The molecule has 1 amide bonds. The van der Waals surface area contributed by atoms with E-state index in [0.29, 0.717) is 15.6 Å². The van der Waals surface area contributed by atoms with Crippen LogP contribution in [-0.4, -0.2) is 17.9 Å². The number of nitrogens with one attached hydrogen (secondary N) is 1. The molecule has 120 valence electrons. The molecule has 2 rings (SSSR count). The Balaban J connectivity index is 2.14. The number of nitrogens with zero attached hydrogens (tertiary/aromatic N) is 1. The quantitative estimate of drug-likeness (QED) is 0.653. The Morgan fingerprint density at radius 2 is 2.00 bits per heavy atom. The Kier molecular flexibility index (Phi) is 5.41. The topological polar surface area (TPSA) is 81.5 Å². The van der Waals surface area contributed by atoms with Gasteiger partial charge < -0.3 is 10.1 Å². The van der Waals surface area contributed by atoms with Crippen molar-refractivity contribution in [3.8, 4) is 5.75 Å². The van der Waals surface area contributed by atoms with Gasteiger partial charge in [-0.1, -0.05) is 29.3 Å². The van der Waals surface area contributed by atoms with Gasteiger partial charge >= 0.3 is 5.69 Å². The number of carbonyl (C=O) groups is 1. The first-order valence-electron chi connectivity index (χ1n) is 6.47. The second kappa shape index (κ2) is 7.30. The van der Waals surface area contributed by atoms with Gasteiger partial charge in [0, 0.05) is 28.2 Å². The molecule has 0 heterocycles. The van der Waals surface area contributed by atoms with Crippen LogP contribution in [0.1, 0.15) is 15.9 Å². The maximum atomic E-state index is 12.1. The molecule has 0 bridgehead atoms. The smallest absolute Gasteiger partial charge is 0.311 e. The van der Waals surface area contributed by atoms with Crippen LogP contribution in [-0.2, 0) is 6.54 Å². The first-order valence-corrected chi connectivity index (χ1v) is 7.22. The summed E-state index contributed by atoms with van der Waals surface area (Å²) in [7, 11) is 1.32. The Bertz CT molecular complexity index is 765. The predicted molar refractivity (Wildman–Crippen MR) is 87.3 cm³/mol. The molecule has 8 heteroatoms. The number of hydrogen-bond acceptors (Lipinski definition) is 4. The SMILES string of the molecule is COc1ccc(C(=O)NCc2ccc(Cl)cc2Cl)cc1[N+](=O)[O-]. The normalized spacial score (nSPS) is 10.2. The van der Waals surface area contributed by atoms with Crippen LogP contribution in [0.4, 0.5) is 5.69 Å². The highest BCUT2D eigenvalue weighted by Gasteiger charge is 2.18. The fraction of sp³-hybridized carbons (Fsp3) is 0.133. The van der Waals surface area contributed by atoms with Crippen LogP contribution in [0.25, 0.3) is 0 Å². The largest absolute Gasteiger partial charge is 0.490 e. The average molecular weight is 355 g/mol. The number of nitro groups is 1. The zero-order valence-corrected chi connectivity index (χ0v) is 13.5. The highest BCUT2D eigenvalue weighted by molar-refractivity contribution is 6.35. The van der Waals surface area contributed by atoms with E-state index < -0.39 is 10.8 Å². The van der Waals surface area contributed by atoms with Gasteiger partial charge in [-0.2, -0.15) is 0 Å². The second-order valence-corrected chi connectivity index (χ2v) is 5.41. The summed E-state index contributed by atoms with van der Waals surface area (Å²) in [5, 5.41) is 14.5. The minimum absolute atomic E-state index is 0.0901. The summed E-state index contributed by atoms with van der Waals surface area (Å²) in [6, 6.07) is 8.92. The number of methoxy groups -OCH3 is 1. The molecule has 0 aliphatic heterocycles. The number of carbonyl (C=O) groups excluding carboxylic acids is 1. The second-order valence-electron chi connectivity index (χ2n) is 4.56. The molecular formula is C15H12Cl2N2O4. The maximum absolute atomic E-state index is 12.1. The predicted octanol–water partition coefficient (Wildman–Crippen LogP) is 3.84. The van der Waals surface area contributed by atoms with Crippen molar-refractivity contribution in [1.29, 1.82) is 0 Å². The van der Waals surface area contributed by atoms with Gasteiger partial charge in [-0.15, -0.1) is 0 Å². The number of hydrogen-bond donors (Lipinski definition) is 1. The third kappa shape index (κ3) is 4.12. The Morgan fingerprint density at radius 3 is 2.61 bits per heavy atom. The van der Waals surface area contributed by atoms with Crippen molar-refractivity contribution in [3.05, 3.63) is 67.7 Å². The Morgan fingerprint density at radius 1 is 1.26 bits per heavy atom. The molecular weight excluding hydrogens is 343 g/mol. The van der Waals surface area contributed by atoms with Gasteiger partial charge in [0.1, 0.15) is 0 Å². The van der Waals surface area contributed by atoms with E-state index in [2.05, 4.69) is 5.32 Å². The van der Waals surface area contributed by atoms with Crippen LogP contribution in [0, 0.1) is 10.1 Å². The molecule has 0 radical (unpaired) electrons. The van der Waals surface area contributed by atoms with Crippen molar-refractivity contribution in [2.75, 3.05) is 7.11 Å². The number of rotatable bonds is 5. The molecule has 0 aliphatic rings. The molecule has 0 saturated heterocycles. The molecule has 0 aromatic heterocycles. The van der Waals surface area contributed by atoms with Gasteiger partial charge in [0.15, 0.2) is 5.75 Å². The van der Waals surface area contributed by atoms with Crippen molar-refractivity contribution < 1.29 is 14.5 Å². The number of ether oxygens (including phenoxy) is 1. The van der Waals surface area contributed by atoms with Crippen LogP contribution in [0.15, 0.2) is 36.4 Å². The Hall–Kier alpha value is -2.31. The first kappa shape index (κ1) is 17.1. The van der Waals surface area contributed by atoms with Gasteiger partial charge in [-0.3, -0.25) is 14.9 Å². The van der Waals surface area contributed by atoms with Crippen molar-refractivity contribution in [2.24, 2.45) is 0 Å². The Labute approximate surface area is 142 Å². The molecule has 0 saturated carbocycles. The third-order valence-electron chi connectivity index (χ3n) is 3.09. The molecule has 1 N–H and O–H groups in total. The van der Waals surface area contributed by atoms with Crippen molar-refractivity contribution in [3.63, 3.8) is 0 Å². The van der Waals surface area contributed by atoms with Crippen LogP contribution < -0.4 is 10.1 Å². The third-order valence-corrected chi connectivity index (χ3v) is 3.68. The van der Waals surface area contributed by atoms with Gasteiger partial charge in [-0.05, 0) is 29.8 Å². The van der Waals surface area contributed by atoms with E-state index in [1.165, 1.54) is 19.2 Å². The number of amides is 1. The molecule has 2 aromatic carbocycles. The fourth-order valence-electron chi connectivity index (χ4n) is 1.92. The summed E-state index contributed by atoms with van der Waals surface area (Å²) < 4.78 is 4.89. The standard InChI is InChI=1S/C15H12Cl2N2O4/c1-23-14-5-3-9(6-13(14)19(21)22)15(20)18-8-10-2-4-11(16)7-12(10)17/h2-7H,8H2,1H3,(H,18,20). The average Bonchev–Trinajstić information content (AvgIpc) is 2.53. The number of benzene rings is 2. The van der Waals surface area contributed by atoms with Crippen LogP contribution >= 0.6 is 23.2 Å². The molecule has 0 aliphatic carbocycles. The molecule has 2 aromatic rings. The van der Waals surface area contributed by atoms with E-state index in [4.69, 9.17) is 27.9 Å². The molecule has 23 heavy (non-hydrogen) atoms. The van der Waals surface area contributed by atoms with Crippen molar-refractivity contribution in [1.82, 2.24) is 5.32 Å². The summed E-state index contributed by atoms with van der Waals surface area (Å²) in [6.07, 6.45) is 0. The van der Waals surface area contributed by atoms with Crippen LogP contribution in [0.2, 0.25) is 10.0 Å². The molecule has 6 nitrogen and oxygen atoms in total. The highest BCUT2D eigenvalue weighted by atomic mass is 35.5. The molecule has 0 spiro atoms. The van der Waals surface area contributed by atoms with Gasteiger partial charge in [0.2, 0.25) is 0 Å².